The summed E-state index contributed by atoms with van der Waals surface area (Å²) in [4.78, 5) is 12.0. The van der Waals surface area contributed by atoms with E-state index < -0.39 is 0 Å². The van der Waals surface area contributed by atoms with Crippen LogP contribution in [0.3, 0.4) is 0 Å². The van der Waals surface area contributed by atoms with Crippen LogP contribution >= 0.6 is 0 Å². The van der Waals surface area contributed by atoms with Gasteiger partial charge in [0.1, 0.15) is 11.6 Å². The van der Waals surface area contributed by atoms with Crippen molar-refractivity contribution >= 4 is 5.91 Å². The molecule has 0 radical (unpaired) electrons. The zero-order chi connectivity index (χ0) is 16.2. The van der Waals surface area contributed by atoms with E-state index in [0.717, 1.165) is 5.56 Å². The van der Waals surface area contributed by atoms with Gasteiger partial charge in [0.15, 0.2) is 0 Å². The third kappa shape index (κ3) is 4.38. The van der Waals surface area contributed by atoms with Gasteiger partial charge in [-0.15, -0.1) is 0 Å². The quantitative estimate of drug-likeness (QED) is 0.898. The van der Waals surface area contributed by atoms with E-state index in [1.165, 1.54) is 24.3 Å². The fraction of sp³-hybridized carbons (Fsp3) is 0.278. The van der Waals surface area contributed by atoms with Crippen molar-refractivity contribution in [2.24, 2.45) is 0 Å². The second kappa shape index (κ2) is 6.69. The Morgan fingerprint density at radius 1 is 1.05 bits per heavy atom. The van der Waals surface area contributed by atoms with Gasteiger partial charge in [-0.05, 0) is 35.4 Å². The summed E-state index contributed by atoms with van der Waals surface area (Å²) in [6.07, 6.45) is 0.136. The van der Waals surface area contributed by atoms with Crippen molar-refractivity contribution in [3.05, 3.63) is 71.3 Å². The Hall–Kier alpha value is -2.23. The van der Waals surface area contributed by atoms with E-state index in [0.29, 0.717) is 12.1 Å². The molecule has 116 valence electrons. The topological polar surface area (TPSA) is 29.1 Å². The van der Waals surface area contributed by atoms with Crippen molar-refractivity contribution in [3.63, 3.8) is 0 Å². The molecule has 2 aromatic carbocycles. The molecule has 0 atom stereocenters. The largest absolute Gasteiger partial charge is 0.355 e. The number of benzene rings is 2. The molecule has 2 nitrogen and oxygen atoms in total. The number of rotatable bonds is 5. The molecule has 0 aromatic heterocycles. The van der Waals surface area contributed by atoms with Crippen LogP contribution in [-0.4, -0.2) is 12.5 Å². The Bertz CT molecular complexity index is 650. The maximum atomic E-state index is 13.1. The first-order valence-electron chi connectivity index (χ1n) is 7.14. The average Bonchev–Trinajstić information content (AvgIpc) is 2.46. The predicted molar refractivity (Wildman–Crippen MR) is 82.5 cm³/mol. The number of carbonyl (C=O) groups excluding carboxylic acids is 1. The minimum Gasteiger partial charge on any atom is -0.355 e. The summed E-state index contributed by atoms with van der Waals surface area (Å²) >= 11 is 0. The van der Waals surface area contributed by atoms with E-state index in [1.54, 1.807) is 24.3 Å². The lowest BCUT2D eigenvalue weighted by Gasteiger charge is -2.25. The highest BCUT2D eigenvalue weighted by Gasteiger charge is 2.21. The normalized spacial score (nSPS) is 11.3. The van der Waals surface area contributed by atoms with Crippen LogP contribution in [0.15, 0.2) is 48.5 Å². The second-order valence-electron chi connectivity index (χ2n) is 5.97. The molecular formula is C18H19F2NO. The molecule has 2 aromatic rings. The molecule has 4 heteroatoms. The number of hydrogen-bond acceptors (Lipinski definition) is 1. The molecular weight excluding hydrogens is 284 g/mol. The Morgan fingerprint density at radius 2 is 1.73 bits per heavy atom. The zero-order valence-corrected chi connectivity index (χ0v) is 12.7. The molecule has 1 N–H and O–H groups in total. The number of carbonyl (C=O) groups is 1. The van der Waals surface area contributed by atoms with Crippen molar-refractivity contribution in [3.8, 4) is 0 Å². The SMILES string of the molecule is CC(C)(CNC(=O)Cc1cccc(F)c1)c1ccc(F)cc1. The molecule has 0 unspecified atom stereocenters. The molecule has 0 saturated heterocycles. The lowest BCUT2D eigenvalue weighted by molar-refractivity contribution is -0.120. The summed E-state index contributed by atoms with van der Waals surface area (Å²) in [7, 11) is 0. The number of halogens is 2. The molecule has 0 saturated carbocycles. The first-order valence-corrected chi connectivity index (χ1v) is 7.14. The molecule has 22 heavy (non-hydrogen) atoms. The minimum absolute atomic E-state index is 0.136. The van der Waals surface area contributed by atoms with Crippen LogP contribution < -0.4 is 5.32 Å². The average molecular weight is 303 g/mol. The van der Waals surface area contributed by atoms with Crippen molar-refractivity contribution in [2.75, 3.05) is 6.54 Å². The predicted octanol–water partition coefficient (Wildman–Crippen LogP) is 3.60. The molecule has 0 spiro atoms. The van der Waals surface area contributed by atoms with Gasteiger partial charge in [0, 0.05) is 12.0 Å². The lowest BCUT2D eigenvalue weighted by atomic mass is 9.84. The maximum Gasteiger partial charge on any atom is 0.224 e. The fourth-order valence-electron chi connectivity index (χ4n) is 2.22. The Morgan fingerprint density at radius 3 is 2.36 bits per heavy atom. The van der Waals surface area contributed by atoms with E-state index in [-0.39, 0.29) is 29.4 Å². The van der Waals surface area contributed by atoms with Gasteiger partial charge in [-0.25, -0.2) is 8.78 Å². The van der Waals surface area contributed by atoms with E-state index in [9.17, 15) is 13.6 Å². The standard InChI is InChI=1S/C18H19F2NO/c1-18(2,14-6-8-15(19)9-7-14)12-21-17(22)11-13-4-3-5-16(20)10-13/h3-10H,11-12H2,1-2H3,(H,21,22). The van der Waals surface area contributed by atoms with Gasteiger partial charge in [-0.3, -0.25) is 4.79 Å². The van der Waals surface area contributed by atoms with Crippen LogP contribution in [0.4, 0.5) is 8.78 Å². The van der Waals surface area contributed by atoms with E-state index in [1.807, 2.05) is 13.8 Å². The first kappa shape index (κ1) is 16.1. The summed E-state index contributed by atoms with van der Waals surface area (Å²) < 4.78 is 26.0. The van der Waals surface area contributed by atoms with Gasteiger partial charge < -0.3 is 5.32 Å². The Kier molecular flexibility index (Phi) is 4.91. The van der Waals surface area contributed by atoms with Gasteiger partial charge in [-0.1, -0.05) is 38.1 Å². The number of nitrogens with one attached hydrogen (secondary N) is 1. The summed E-state index contributed by atoms with van der Waals surface area (Å²) in [6, 6.07) is 12.2. The smallest absolute Gasteiger partial charge is 0.224 e. The fourth-order valence-corrected chi connectivity index (χ4v) is 2.22. The molecule has 0 heterocycles. The summed E-state index contributed by atoms with van der Waals surface area (Å²) in [6.45, 7) is 4.37. The molecule has 2 rings (SSSR count). The lowest BCUT2D eigenvalue weighted by Crippen LogP contribution is -2.37. The van der Waals surface area contributed by atoms with Crippen LogP contribution in [-0.2, 0) is 16.6 Å². The maximum absolute atomic E-state index is 13.1. The van der Waals surface area contributed by atoms with E-state index in [2.05, 4.69) is 5.32 Å². The summed E-state index contributed by atoms with van der Waals surface area (Å²) in [5.41, 5.74) is 1.27. The second-order valence-corrected chi connectivity index (χ2v) is 5.97. The van der Waals surface area contributed by atoms with Crippen LogP contribution in [0.1, 0.15) is 25.0 Å². The van der Waals surface area contributed by atoms with Crippen LogP contribution in [0.25, 0.3) is 0 Å². The van der Waals surface area contributed by atoms with Crippen molar-refractivity contribution in [1.82, 2.24) is 5.32 Å². The highest BCUT2D eigenvalue weighted by Crippen LogP contribution is 2.22. The van der Waals surface area contributed by atoms with Gasteiger partial charge in [0.05, 0.1) is 6.42 Å². The number of hydrogen-bond donors (Lipinski definition) is 1. The molecule has 0 aliphatic rings. The Labute approximate surface area is 129 Å². The molecule has 0 bridgehead atoms. The van der Waals surface area contributed by atoms with Crippen molar-refractivity contribution < 1.29 is 13.6 Å². The third-order valence-electron chi connectivity index (χ3n) is 3.61. The van der Waals surface area contributed by atoms with Crippen molar-refractivity contribution in [1.29, 1.82) is 0 Å². The third-order valence-corrected chi connectivity index (χ3v) is 3.61. The Balaban J connectivity index is 1.93. The van der Waals surface area contributed by atoms with E-state index >= 15 is 0 Å². The highest BCUT2D eigenvalue weighted by atomic mass is 19.1. The van der Waals surface area contributed by atoms with Crippen molar-refractivity contribution in [2.45, 2.75) is 25.7 Å². The zero-order valence-electron chi connectivity index (χ0n) is 12.7. The summed E-state index contributed by atoms with van der Waals surface area (Å²) in [5.74, 6) is -0.799. The first-order chi connectivity index (χ1) is 10.4. The van der Waals surface area contributed by atoms with Crippen LogP contribution in [0.2, 0.25) is 0 Å². The van der Waals surface area contributed by atoms with Gasteiger partial charge in [0.2, 0.25) is 5.91 Å². The number of amides is 1. The molecule has 0 aliphatic carbocycles. The monoisotopic (exact) mass is 303 g/mol. The van der Waals surface area contributed by atoms with Crippen LogP contribution in [0.5, 0.6) is 0 Å². The highest BCUT2D eigenvalue weighted by molar-refractivity contribution is 5.78. The van der Waals surface area contributed by atoms with Gasteiger partial charge in [0.25, 0.3) is 0 Å². The van der Waals surface area contributed by atoms with E-state index in [4.69, 9.17) is 0 Å². The molecule has 0 aliphatic heterocycles. The van der Waals surface area contributed by atoms with Gasteiger partial charge in [-0.2, -0.15) is 0 Å². The van der Waals surface area contributed by atoms with Gasteiger partial charge >= 0.3 is 0 Å². The van der Waals surface area contributed by atoms with Crippen LogP contribution in [0, 0.1) is 11.6 Å². The molecule has 1 amide bonds. The summed E-state index contributed by atoms with van der Waals surface area (Å²) in [5, 5.41) is 2.85. The molecule has 0 fully saturated rings. The minimum atomic E-state index is -0.350.